The summed E-state index contributed by atoms with van der Waals surface area (Å²) in [6.07, 6.45) is 8.26. The Morgan fingerprint density at radius 3 is 2.78 bits per heavy atom. The Morgan fingerprint density at radius 1 is 1.27 bits per heavy atom. The first kappa shape index (κ1) is 27.6. The largest absolute Gasteiger partial charge is 0.497 e. The van der Waals surface area contributed by atoms with E-state index in [1.807, 2.05) is 42.2 Å². The summed E-state index contributed by atoms with van der Waals surface area (Å²) in [6, 6.07) is 9.54. The molecule has 0 saturated carbocycles. The molecule has 4 rings (SSSR count). The van der Waals surface area contributed by atoms with Crippen LogP contribution in [0, 0.1) is 5.41 Å². The number of fused-ring (bicyclic) bond motifs is 1. The van der Waals surface area contributed by atoms with Crippen molar-refractivity contribution in [3.05, 3.63) is 59.5 Å². The number of hydrogen-bond acceptors (Lipinski definition) is 7. The van der Waals surface area contributed by atoms with E-state index in [0.29, 0.717) is 29.2 Å². The molecule has 2 N–H and O–H groups in total. The second-order valence-electron chi connectivity index (χ2n) is 9.76. The van der Waals surface area contributed by atoms with Crippen LogP contribution in [-0.4, -0.2) is 63.5 Å². The molecule has 3 aromatic rings. The van der Waals surface area contributed by atoms with Gasteiger partial charge in [-0.2, -0.15) is 0 Å². The van der Waals surface area contributed by atoms with E-state index >= 15 is 0 Å². The van der Waals surface area contributed by atoms with Gasteiger partial charge in [-0.25, -0.2) is 0 Å². The summed E-state index contributed by atoms with van der Waals surface area (Å²) >= 11 is 8.30. The first-order valence-electron chi connectivity index (χ1n) is 12.7. The van der Waals surface area contributed by atoms with Gasteiger partial charge in [0.05, 0.1) is 30.2 Å². The molecule has 198 valence electrons. The highest BCUT2D eigenvalue weighted by Gasteiger charge is 2.37. The number of rotatable bonds is 12. The zero-order valence-corrected chi connectivity index (χ0v) is 22.7. The highest BCUT2D eigenvalue weighted by molar-refractivity contribution is 7.99. The number of piperidine rings is 1. The van der Waals surface area contributed by atoms with Crippen molar-refractivity contribution < 1.29 is 19.7 Å². The van der Waals surface area contributed by atoms with Crippen molar-refractivity contribution in [2.45, 2.75) is 49.5 Å². The third kappa shape index (κ3) is 7.35. The summed E-state index contributed by atoms with van der Waals surface area (Å²) in [5.74, 6) is 0.909. The van der Waals surface area contributed by atoms with E-state index in [2.05, 4.69) is 20.9 Å². The van der Waals surface area contributed by atoms with Crippen molar-refractivity contribution in [2.24, 2.45) is 5.41 Å². The van der Waals surface area contributed by atoms with Crippen LogP contribution in [0.1, 0.15) is 50.2 Å². The van der Waals surface area contributed by atoms with E-state index in [1.54, 1.807) is 19.5 Å². The molecule has 0 amide bonds. The third-order valence-electron chi connectivity index (χ3n) is 7.31. The standard InChI is InChI=1S/C28H34ClN3O4S/c1-36-20-5-6-24-22(16-20)27(23(29)19-31-24)25(33)7-8-28(17-26(34)35)9-13-32(14-10-28)12-3-15-37-21-4-2-11-30-18-21/h2,4-6,11,16,18-19,25,33H,3,7-10,12-15,17H2,1H3,(H,34,35)/t25-/m0/s1. The maximum Gasteiger partial charge on any atom is 0.303 e. The van der Waals surface area contributed by atoms with Crippen LogP contribution in [0.2, 0.25) is 5.02 Å². The van der Waals surface area contributed by atoms with Crippen LogP contribution >= 0.6 is 23.4 Å². The Labute approximate surface area is 227 Å². The predicted molar refractivity (Wildman–Crippen MR) is 147 cm³/mol. The molecule has 1 aliphatic heterocycles. The predicted octanol–water partition coefficient (Wildman–Crippen LogP) is 5.84. The number of hydrogen-bond donors (Lipinski definition) is 2. The van der Waals surface area contributed by atoms with E-state index in [9.17, 15) is 15.0 Å². The minimum atomic E-state index is -0.821. The van der Waals surface area contributed by atoms with Crippen LogP contribution in [-0.2, 0) is 4.79 Å². The normalized spacial score (nSPS) is 16.5. The van der Waals surface area contributed by atoms with Crippen LogP contribution in [0.25, 0.3) is 10.9 Å². The van der Waals surface area contributed by atoms with Crippen molar-refractivity contribution in [1.82, 2.24) is 14.9 Å². The third-order valence-corrected chi connectivity index (χ3v) is 8.68. The smallest absolute Gasteiger partial charge is 0.303 e. The Morgan fingerprint density at radius 2 is 2.08 bits per heavy atom. The second-order valence-corrected chi connectivity index (χ2v) is 11.3. The minimum absolute atomic E-state index is 0.114. The molecule has 0 aliphatic carbocycles. The van der Waals surface area contributed by atoms with Crippen LogP contribution < -0.4 is 4.74 Å². The Hall–Kier alpha value is -2.39. The Balaban J connectivity index is 1.35. The lowest BCUT2D eigenvalue weighted by Gasteiger charge is -2.41. The van der Waals surface area contributed by atoms with Gasteiger partial charge >= 0.3 is 5.97 Å². The number of benzene rings is 1. The van der Waals surface area contributed by atoms with E-state index < -0.39 is 12.1 Å². The number of carboxylic acid groups (broad SMARTS) is 1. The van der Waals surface area contributed by atoms with Gasteiger partial charge in [0.1, 0.15) is 5.75 Å². The van der Waals surface area contributed by atoms with Crippen molar-refractivity contribution in [3.63, 3.8) is 0 Å². The molecular formula is C28H34ClN3O4S. The van der Waals surface area contributed by atoms with E-state index in [1.165, 1.54) is 4.90 Å². The number of methoxy groups -OCH3 is 1. The van der Waals surface area contributed by atoms with E-state index in [-0.39, 0.29) is 11.8 Å². The Bertz CT molecular complexity index is 1190. The van der Waals surface area contributed by atoms with Gasteiger partial charge < -0.3 is 19.8 Å². The molecule has 0 unspecified atom stereocenters. The lowest BCUT2D eigenvalue weighted by atomic mass is 9.71. The van der Waals surface area contributed by atoms with Gasteiger partial charge in [0.15, 0.2) is 0 Å². The number of aromatic nitrogens is 2. The molecule has 1 fully saturated rings. The van der Waals surface area contributed by atoms with Crippen LogP contribution in [0.5, 0.6) is 5.75 Å². The second kappa shape index (κ2) is 12.9. The molecule has 9 heteroatoms. The van der Waals surface area contributed by atoms with Gasteiger partial charge in [-0.1, -0.05) is 11.6 Å². The quantitative estimate of drug-likeness (QED) is 0.217. The summed E-state index contributed by atoms with van der Waals surface area (Å²) in [6.45, 7) is 2.74. The van der Waals surface area contributed by atoms with Crippen molar-refractivity contribution in [3.8, 4) is 5.75 Å². The molecular weight excluding hydrogens is 510 g/mol. The number of ether oxygens (including phenoxy) is 1. The lowest BCUT2D eigenvalue weighted by Crippen LogP contribution is -2.41. The fourth-order valence-electron chi connectivity index (χ4n) is 5.22. The number of carboxylic acids is 1. The molecule has 2 aromatic heterocycles. The number of pyridine rings is 2. The SMILES string of the molecule is COc1ccc2ncc(Cl)c([C@@H](O)CCC3(CC(=O)O)CCN(CCCSc4cccnc4)CC3)c2c1. The van der Waals surface area contributed by atoms with Gasteiger partial charge in [0.2, 0.25) is 0 Å². The van der Waals surface area contributed by atoms with E-state index in [4.69, 9.17) is 16.3 Å². The first-order valence-corrected chi connectivity index (χ1v) is 14.0. The summed E-state index contributed by atoms with van der Waals surface area (Å²) in [5.41, 5.74) is 1.02. The number of carbonyl (C=O) groups is 1. The van der Waals surface area contributed by atoms with Gasteiger partial charge in [0.25, 0.3) is 0 Å². The maximum atomic E-state index is 11.8. The first-order chi connectivity index (χ1) is 17.9. The van der Waals surface area contributed by atoms with Gasteiger partial charge in [-0.15, -0.1) is 11.8 Å². The Kier molecular flexibility index (Phi) is 9.65. The number of aliphatic hydroxyl groups excluding tert-OH is 1. The molecule has 37 heavy (non-hydrogen) atoms. The highest BCUT2D eigenvalue weighted by Crippen LogP contribution is 2.43. The molecule has 7 nitrogen and oxygen atoms in total. The van der Waals surface area contributed by atoms with Crippen LogP contribution in [0.3, 0.4) is 0 Å². The summed E-state index contributed by atoms with van der Waals surface area (Å²) in [4.78, 5) is 23.9. The van der Waals surface area contributed by atoms with Crippen LogP contribution in [0.15, 0.2) is 53.8 Å². The summed E-state index contributed by atoms with van der Waals surface area (Å²) in [5, 5.41) is 22.0. The number of nitrogens with zero attached hydrogens (tertiary/aromatic N) is 3. The van der Waals surface area contributed by atoms with Gasteiger partial charge in [-0.3, -0.25) is 14.8 Å². The molecule has 0 bridgehead atoms. The number of aliphatic carboxylic acids is 1. The molecule has 1 saturated heterocycles. The minimum Gasteiger partial charge on any atom is -0.497 e. The zero-order valence-electron chi connectivity index (χ0n) is 21.1. The fourth-order valence-corrected chi connectivity index (χ4v) is 6.31. The van der Waals surface area contributed by atoms with Crippen molar-refractivity contribution >= 4 is 40.2 Å². The summed E-state index contributed by atoms with van der Waals surface area (Å²) < 4.78 is 5.35. The monoisotopic (exact) mass is 543 g/mol. The summed E-state index contributed by atoms with van der Waals surface area (Å²) in [7, 11) is 1.59. The highest BCUT2D eigenvalue weighted by atomic mass is 35.5. The lowest BCUT2D eigenvalue weighted by molar-refractivity contribution is -0.141. The number of likely N-dealkylation sites (tertiary alicyclic amines) is 1. The average molecular weight is 544 g/mol. The molecule has 3 heterocycles. The van der Waals surface area contributed by atoms with Crippen molar-refractivity contribution in [2.75, 3.05) is 32.5 Å². The molecule has 0 spiro atoms. The number of halogens is 1. The molecule has 1 aliphatic rings. The van der Waals surface area contributed by atoms with Crippen molar-refractivity contribution in [1.29, 1.82) is 0 Å². The zero-order chi connectivity index (χ0) is 26.3. The van der Waals surface area contributed by atoms with Crippen LogP contribution in [0.4, 0.5) is 0 Å². The van der Waals surface area contributed by atoms with E-state index in [0.717, 1.165) is 55.6 Å². The number of aliphatic hydroxyl groups is 1. The molecule has 1 aromatic carbocycles. The molecule has 0 radical (unpaired) electrons. The van der Waals surface area contributed by atoms with Gasteiger partial charge in [0, 0.05) is 34.4 Å². The molecule has 1 atom stereocenters. The maximum absolute atomic E-state index is 11.8. The number of thioether (sulfide) groups is 1. The average Bonchev–Trinajstić information content (AvgIpc) is 2.90. The van der Waals surface area contributed by atoms with Gasteiger partial charge in [-0.05, 0) is 93.2 Å². The topological polar surface area (TPSA) is 95.8 Å². The fraction of sp³-hybridized carbons (Fsp3) is 0.464.